The molecule has 1 aromatic heterocycles. The molecule has 2 unspecified atom stereocenters. The van der Waals surface area contributed by atoms with E-state index in [2.05, 4.69) is 68.9 Å². The van der Waals surface area contributed by atoms with Gasteiger partial charge in [-0.05, 0) is 62.7 Å². The Kier molecular flexibility index (Phi) is 7.91. The summed E-state index contributed by atoms with van der Waals surface area (Å²) in [5.74, 6) is -0.220. The van der Waals surface area contributed by atoms with Crippen LogP contribution in [-0.4, -0.2) is 55.4 Å². The number of halogens is 1. The summed E-state index contributed by atoms with van der Waals surface area (Å²) in [7, 11) is 2.99. The van der Waals surface area contributed by atoms with Crippen LogP contribution in [0.3, 0.4) is 0 Å². The van der Waals surface area contributed by atoms with Crippen molar-refractivity contribution in [1.29, 1.82) is 0 Å². The van der Waals surface area contributed by atoms with Gasteiger partial charge in [-0.3, -0.25) is 4.79 Å². The lowest BCUT2D eigenvalue weighted by atomic mass is 9.81. The molecular formula is C29H41ClN4O2Si. The SMILES string of the molecule is CN(C)[C@H](Cc1cc2cnn(COCC[Si](C)(C)C)c2cc1Cl)CC1(C(N)=O)CC1(C)c1ccccc1. The fraction of sp³-hybridized carbons (Fsp3) is 0.517. The molecule has 1 fully saturated rings. The molecule has 8 heteroatoms. The second-order valence-corrected chi connectivity index (χ2v) is 18.4. The van der Waals surface area contributed by atoms with Crippen molar-refractivity contribution in [3.8, 4) is 0 Å². The van der Waals surface area contributed by atoms with Gasteiger partial charge in [0.25, 0.3) is 0 Å². The Bertz CT molecular complexity index is 1260. The highest BCUT2D eigenvalue weighted by Gasteiger charge is 2.69. The third-order valence-corrected chi connectivity index (χ3v) is 10.3. The maximum Gasteiger partial charge on any atom is 0.224 e. The van der Waals surface area contributed by atoms with Crippen LogP contribution in [0.15, 0.2) is 48.7 Å². The predicted octanol–water partition coefficient (Wildman–Crippen LogP) is 5.70. The number of amides is 1. The number of benzene rings is 2. The Morgan fingerprint density at radius 1 is 1.24 bits per heavy atom. The average Bonchev–Trinajstić information content (AvgIpc) is 3.28. The summed E-state index contributed by atoms with van der Waals surface area (Å²) in [6.45, 7) is 10.4. The molecule has 0 saturated heterocycles. The van der Waals surface area contributed by atoms with Gasteiger partial charge in [-0.1, -0.05) is 68.5 Å². The predicted molar refractivity (Wildman–Crippen MR) is 155 cm³/mol. The summed E-state index contributed by atoms with van der Waals surface area (Å²) in [5, 5.41) is 6.29. The zero-order valence-electron chi connectivity index (χ0n) is 23.1. The van der Waals surface area contributed by atoms with E-state index in [4.69, 9.17) is 22.1 Å². The summed E-state index contributed by atoms with van der Waals surface area (Å²) >= 11 is 6.82. The van der Waals surface area contributed by atoms with Gasteiger partial charge in [-0.25, -0.2) is 4.68 Å². The molecule has 3 aromatic rings. The minimum absolute atomic E-state index is 0.105. The number of fused-ring (bicyclic) bond motifs is 1. The van der Waals surface area contributed by atoms with Crippen LogP contribution in [0.2, 0.25) is 30.7 Å². The minimum atomic E-state index is -1.13. The van der Waals surface area contributed by atoms with Crippen LogP contribution in [0, 0.1) is 5.41 Å². The Balaban J connectivity index is 1.52. The van der Waals surface area contributed by atoms with Gasteiger partial charge in [0.2, 0.25) is 5.91 Å². The van der Waals surface area contributed by atoms with Crippen molar-refractivity contribution in [2.24, 2.45) is 11.1 Å². The molecule has 1 amide bonds. The first-order chi connectivity index (χ1) is 17.4. The molecule has 1 heterocycles. The van der Waals surface area contributed by atoms with Gasteiger partial charge in [-0.15, -0.1) is 0 Å². The van der Waals surface area contributed by atoms with Gasteiger partial charge in [0.15, 0.2) is 0 Å². The fourth-order valence-electron chi connectivity index (χ4n) is 5.53. The second kappa shape index (κ2) is 10.5. The van der Waals surface area contributed by atoms with Crippen molar-refractivity contribution in [3.05, 3.63) is 64.8 Å². The lowest BCUT2D eigenvalue weighted by Crippen LogP contribution is -2.40. The van der Waals surface area contributed by atoms with Crippen LogP contribution in [0.1, 0.15) is 30.9 Å². The van der Waals surface area contributed by atoms with Crippen LogP contribution in [0.5, 0.6) is 0 Å². The largest absolute Gasteiger partial charge is 0.369 e. The van der Waals surface area contributed by atoms with Gasteiger partial charge in [-0.2, -0.15) is 5.10 Å². The number of nitrogens with zero attached hydrogens (tertiary/aromatic N) is 3. The number of likely N-dealkylation sites (N-methyl/N-ethyl adjacent to an activating group) is 1. The molecule has 4 rings (SSSR count). The van der Waals surface area contributed by atoms with Crippen molar-refractivity contribution in [2.75, 3.05) is 20.7 Å². The zero-order valence-corrected chi connectivity index (χ0v) is 24.8. The number of hydrogen-bond acceptors (Lipinski definition) is 4. The second-order valence-electron chi connectivity index (χ2n) is 12.3. The van der Waals surface area contributed by atoms with Crippen molar-refractivity contribution in [3.63, 3.8) is 0 Å². The third kappa shape index (κ3) is 5.80. The smallest absolute Gasteiger partial charge is 0.224 e. The molecule has 6 nitrogen and oxygen atoms in total. The summed E-state index contributed by atoms with van der Waals surface area (Å²) in [5.41, 5.74) is 8.43. The van der Waals surface area contributed by atoms with Crippen molar-refractivity contribution < 1.29 is 9.53 Å². The minimum Gasteiger partial charge on any atom is -0.369 e. The monoisotopic (exact) mass is 540 g/mol. The molecule has 1 saturated carbocycles. The number of hydrogen-bond donors (Lipinski definition) is 1. The van der Waals surface area contributed by atoms with Crippen molar-refractivity contribution in [1.82, 2.24) is 14.7 Å². The van der Waals surface area contributed by atoms with E-state index in [9.17, 15) is 4.79 Å². The highest BCUT2D eigenvalue weighted by molar-refractivity contribution is 6.76. The lowest BCUT2D eigenvalue weighted by Gasteiger charge is -2.30. The lowest BCUT2D eigenvalue weighted by molar-refractivity contribution is -0.124. The number of aromatic nitrogens is 2. The van der Waals surface area contributed by atoms with Crippen LogP contribution in [0.4, 0.5) is 0 Å². The normalized spacial score (nSPS) is 22.5. The Morgan fingerprint density at radius 2 is 1.95 bits per heavy atom. The van der Waals surface area contributed by atoms with E-state index in [-0.39, 0.29) is 17.4 Å². The fourth-order valence-corrected chi connectivity index (χ4v) is 6.52. The molecule has 0 spiro atoms. The quantitative estimate of drug-likeness (QED) is 0.236. The van der Waals surface area contributed by atoms with Crippen molar-refractivity contribution in [2.45, 2.75) is 70.1 Å². The number of carbonyl (C=O) groups is 1. The molecule has 1 aliphatic carbocycles. The Labute approximate surface area is 227 Å². The van der Waals surface area contributed by atoms with Gasteiger partial charge < -0.3 is 15.4 Å². The molecule has 0 bridgehead atoms. The van der Waals surface area contributed by atoms with E-state index in [1.165, 1.54) is 5.56 Å². The molecule has 0 aliphatic heterocycles. The van der Waals surface area contributed by atoms with E-state index in [0.717, 1.165) is 42.0 Å². The van der Waals surface area contributed by atoms with Gasteiger partial charge >= 0.3 is 0 Å². The zero-order chi connectivity index (χ0) is 27.0. The highest BCUT2D eigenvalue weighted by Crippen LogP contribution is 2.67. The maximum atomic E-state index is 12.8. The first kappa shape index (κ1) is 27.8. The first-order valence-corrected chi connectivity index (χ1v) is 17.2. The number of nitrogens with two attached hydrogens (primary N) is 1. The van der Waals surface area contributed by atoms with E-state index in [0.29, 0.717) is 18.2 Å². The average molecular weight is 541 g/mol. The molecule has 2 aromatic carbocycles. The molecule has 2 N–H and O–H groups in total. The van der Waals surface area contributed by atoms with E-state index >= 15 is 0 Å². The summed E-state index contributed by atoms with van der Waals surface area (Å²) in [6, 6.07) is 15.6. The summed E-state index contributed by atoms with van der Waals surface area (Å²) < 4.78 is 7.78. The first-order valence-electron chi connectivity index (χ1n) is 13.1. The highest BCUT2D eigenvalue weighted by atomic mass is 35.5. The Hall–Kier alpha value is -2.19. The Morgan fingerprint density at radius 3 is 2.57 bits per heavy atom. The maximum absolute atomic E-state index is 12.8. The molecule has 200 valence electrons. The number of carbonyl (C=O) groups excluding carboxylic acids is 1. The number of primary amides is 1. The number of rotatable bonds is 12. The molecule has 1 aliphatic rings. The van der Waals surface area contributed by atoms with Crippen LogP contribution >= 0.6 is 11.6 Å². The molecule has 37 heavy (non-hydrogen) atoms. The standard InChI is InChI=1S/C29H41ClN4O2Si/c1-28(23-10-8-7-9-11-23)19-29(28,27(31)35)17-24(33(2)3)15-21-14-22-18-32-34(26(22)16-25(21)30)20-36-12-13-37(4,5)6/h7-11,14,16,18,24H,12-13,15,17,19-20H2,1-6H3,(H2,31,35)/t24-,28?,29?/m1/s1. The van der Waals surface area contributed by atoms with Gasteiger partial charge in [0, 0.05) is 36.5 Å². The third-order valence-electron chi connectivity index (χ3n) is 8.26. The van der Waals surface area contributed by atoms with E-state index in [1.54, 1.807) is 0 Å². The van der Waals surface area contributed by atoms with Crippen LogP contribution in [0.25, 0.3) is 10.9 Å². The van der Waals surface area contributed by atoms with Crippen LogP contribution < -0.4 is 5.73 Å². The molecular weight excluding hydrogens is 500 g/mol. The summed E-state index contributed by atoms with van der Waals surface area (Å²) in [4.78, 5) is 15.0. The summed E-state index contributed by atoms with van der Waals surface area (Å²) in [6.07, 6.45) is 4.04. The topological polar surface area (TPSA) is 73.4 Å². The van der Waals surface area contributed by atoms with E-state index < -0.39 is 13.5 Å². The van der Waals surface area contributed by atoms with E-state index in [1.807, 2.05) is 35.1 Å². The molecule has 0 radical (unpaired) electrons. The van der Waals surface area contributed by atoms with Gasteiger partial charge in [0.05, 0.1) is 17.1 Å². The van der Waals surface area contributed by atoms with Crippen molar-refractivity contribution >= 4 is 36.5 Å². The van der Waals surface area contributed by atoms with Crippen LogP contribution in [-0.2, 0) is 28.1 Å². The van der Waals surface area contributed by atoms with Gasteiger partial charge in [0.1, 0.15) is 6.73 Å². The number of ether oxygens (including phenoxy) is 1. The molecule has 3 atom stereocenters.